The number of piperazine rings is 1. The lowest BCUT2D eigenvalue weighted by Crippen LogP contribution is -2.53. The van der Waals surface area contributed by atoms with Gasteiger partial charge in [0.15, 0.2) is 0 Å². The highest BCUT2D eigenvalue weighted by Crippen LogP contribution is 2.29. The number of fused-ring (bicyclic) bond motifs is 1. The normalized spacial score (nSPS) is 18.8. The first kappa shape index (κ1) is 17.6. The first-order valence-corrected chi connectivity index (χ1v) is 9.24. The van der Waals surface area contributed by atoms with Crippen LogP contribution < -0.4 is 16.0 Å². The second-order valence-corrected chi connectivity index (χ2v) is 7.19. The van der Waals surface area contributed by atoms with Crippen molar-refractivity contribution in [2.45, 2.75) is 12.5 Å². The summed E-state index contributed by atoms with van der Waals surface area (Å²) in [5.74, 6) is 0.166. The Morgan fingerprint density at radius 3 is 2.70 bits per heavy atom. The quantitative estimate of drug-likeness (QED) is 0.835. The molecule has 4 rings (SSSR count). The number of nitrogens with zero attached hydrogens (tertiary/aromatic N) is 3. The van der Waals surface area contributed by atoms with Crippen LogP contribution in [0.1, 0.15) is 15.9 Å². The van der Waals surface area contributed by atoms with Crippen LogP contribution in [0.15, 0.2) is 36.5 Å². The second-order valence-electron chi connectivity index (χ2n) is 6.75. The number of amides is 2. The highest BCUT2D eigenvalue weighted by Gasteiger charge is 2.32. The highest BCUT2D eigenvalue weighted by atomic mass is 35.5. The molecule has 0 radical (unpaired) electrons. The molecule has 1 aromatic carbocycles. The third-order valence-corrected chi connectivity index (χ3v) is 5.30. The lowest BCUT2D eigenvalue weighted by atomic mass is 10.1. The van der Waals surface area contributed by atoms with Crippen LogP contribution in [0.5, 0.6) is 0 Å². The van der Waals surface area contributed by atoms with E-state index < -0.39 is 5.91 Å². The standard InChI is InChI=1S/C19H20ClN5O2/c20-13-3-4-15-12(10-13)11-16(23-15)19(27)25-8-6-24(7-9-25)18-14(17(21)26)2-1-5-22-18/h1-5,10,16,23H,6-9,11H2,(H2,21,26). The van der Waals surface area contributed by atoms with Crippen molar-refractivity contribution >= 4 is 34.9 Å². The number of nitrogens with two attached hydrogens (primary N) is 1. The summed E-state index contributed by atoms with van der Waals surface area (Å²) < 4.78 is 0. The van der Waals surface area contributed by atoms with Crippen LogP contribution in [0, 0.1) is 0 Å². The van der Waals surface area contributed by atoms with Crippen molar-refractivity contribution in [3.05, 3.63) is 52.7 Å². The number of hydrogen-bond acceptors (Lipinski definition) is 5. The molecule has 1 fully saturated rings. The smallest absolute Gasteiger partial charge is 0.252 e. The summed E-state index contributed by atoms with van der Waals surface area (Å²) in [6.07, 6.45) is 2.28. The van der Waals surface area contributed by atoms with Crippen LogP contribution in [0.25, 0.3) is 0 Å². The van der Waals surface area contributed by atoms with Gasteiger partial charge in [-0.05, 0) is 35.9 Å². The van der Waals surface area contributed by atoms with E-state index in [1.807, 2.05) is 28.0 Å². The van der Waals surface area contributed by atoms with Crippen molar-refractivity contribution in [3.8, 4) is 0 Å². The molecule has 0 bridgehead atoms. The van der Waals surface area contributed by atoms with Crippen molar-refractivity contribution in [1.82, 2.24) is 9.88 Å². The van der Waals surface area contributed by atoms with E-state index in [0.29, 0.717) is 49.0 Å². The van der Waals surface area contributed by atoms with E-state index in [0.717, 1.165) is 11.3 Å². The van der Waals surface area contributed by atoms with E-state index in [1.54, 1.807) is 18.3 Å². The molecular weight excluding hydrogens is 366 g/mol. The largest absolute Gasteiger partial charge is 0.373 e. The second kappa shape index (κ2) is 7.08. The summed E-state index contributed by atoms with van der Waals surface area (Å²) in [6.45, 7) is 2.36. The number of nitrogens with one attached hydrogen (secondary N) is 1. The molecule has 2 aliphatic rings. The molecule has 27 heavy (non-hydrogen) atoms. The average Bonchev–Trinajstić information content (AvgIpc) is 3.10. The number of anilines is 2. The van der Waals surface area contributed by atoms with Gasteiger partial charge in [-0.15, -0.1) is 0 Å². The average molecular weight is 386 g/mol. The number of pyridine rings is 1. The minimum absolute atomic E-state index is 0.0816. The van der Waals surface area contributed by atoms with Crippen molar-refractivity contribution in [3.63, 3.8) is 0 Å². The molecule has 7 nitrogen and oxygen atoms in total. The minimum atomic E-state index is -0.497. The Hall–Kier alpha value is -2.80. The number of carbonyl (C=O) groups excluding carboxylic acids is 2. The van der Waals surface area contributed by atoms with E-state index in [9.17, 15) is 9.59 Å². The number of rotatable bonds is 3. The van der Waals surface area contributed by atoms with Gasteiger partial charge in [-0.25, -0.2) is 4.98 Å². The van der Waals surface area contributed by atoms with E-state index >= 15 is 0 Å². The van der Waals surface area contributed by atoms with Crippen molar-refractivity contribution in [2.24, 2.45) is 5.73 Å². The van der Waals surface area contributed by atoms with Crippen molar-refractivity contribution in [2.75, 3.05) is 36.4 Å². The molecule has 140 valence electrons. The van der Waals surface area contributed by atoms with Crippen LogP contribution >= 0.6 is 11.6 Å². The monoisotopic (exact) mass is 385 g/mol. The molecule has 1 aromatic heterocycles. The van der Waals surface area contributed by atoms with Gasteiger partial charge in [0, 0.05) is 49.5 Å². The van der Waals surface area contributed by atoms with Gasteiger partial charge < -0.3 is 20.9 Å². The molecule has 2 aromatic rings. The number of carbonyl (C=O) groups is 2. The van der Waals surface area contributed by atoms with Gasteiger partial charge in [0.1, 0.15) is 11.9 Å². The first-order chi connectivity index (χ1) is 13.0. The van der Waals surface area contributed by atoms with Gasteiger partial charge in [-0.1, -0.05) is 11.6 Å². The molecule has 0 spiro atoms. The summed E-state index contributed by atoms with van der Waals surface area (Å²) >= 11 is 6.04. The lowest BCUT2D eigenvalue weighted by molar-refractivity contribution is -0.132. The topological polar surface area (TPSA) is 91.6 Å². The highest BCUT2D eigenvalue weighted by molar-refractivity contribution is 6.30. The number of benzene rings is 1. The Kier molecular flexibility index (Phi) is 4.61. The molecule has 2 aliphatic heterocycles. The summed E-state index contributed by atoms with van der Waals surface area (Å²) in [5, 5.41) is 3.97. The maximum absolute atomic E-state index is 12.9. The molecule has 0 saturated carbocycles. The van der Waals surface area contributed by atoms with Gasteiger partial charge in [-0.3, -0.25) is 9.59 Å². The molecule has 8 heteroatoms. The number of primary amides is 1. The maximum Gasteiger partial charge on any atom is 0.252 e. The Morgan fingerprint density at radius 1 is 1.19 bits per heavy atom. The molecule has 1 saturated heterocycles. The third-order valence-electron chi connectivity index (χ3n) is 5.06. The molecule has 1 atom stereocenters. The van der Waals surface area contributed by atoms with Crippen molar-refractivity contribution < 1.29 is 9.59 Å². The van der Waals surface area contributed by atoms with Crippen LogP contribution in [-0.4, -0.2) is 53.9 Å². The number of hydrogen-bond donors (Lipinski definition) is 2. The summed E-state index contributed by atoms with van der Waals surface area (Å²) in [5.41, 5.74) is 7.89. The zero-order valence-electron chi connectivity index (χ0n) is 14.7. The Morgan fingerprint density at radius 2 is 1.96 bits per heavy atom. The third kappa shape index (κ3) is 3.42. The SMILES string of the molecule is NC(=O)c1cccnc1N1CCN(C(=O)C2Cc3cc(Cl)ccc3N2)CC1. The van der Waals surface area contributed by atoms with E-state index in [2.05, 4.69) is 10.3 Å². The first-order valence-electron chi connectivity index (χ1n) is 8.86. The van der Waals surface area contributed by atoms with Crippen LogP contribution in [0.4, 0.5) is 11.5 Å². The van der Waals surface area contributed by atoms with Gasteiger partial charge >= 0.3 is 0 Å². The molecule has 1 unspecified atom stereocenters. The summed E-state index contributed by atoms with van der Waals surface area (Å²) in [7, 11) is 0. The van der Waals surface area contributed by atoms with Crippen LogP contribution in [0.3, 0.4) is 0 Å². The zero-order valence-corrected chi connectivity index (χ0v) is 15.4. The Balaban J connectivity index is 1.40. The summed E-state index contributed by atoms with van der Waals surface area (Å²) in [6, 6.07) is 8.74. The van der Waals surface area contributed by atoms with E-state index in [1.165, 1.54) is 0 Å². The summed E-state index contributed by atoms with van der Waals surface area (Å²) in [4.78, 5) is 32.7. The number of halogens is 1. The predicted molar refractivity (Wildman–Crippen MR) is 104 cm³/mol. The van der Waals surface area contributed by atoms with Gasteiger partial charge in [0.25, 0.3) is 5.91 Å². The Bertz CT molecular complexity index is 895. The maximum atomic E-state index is 12.9. The lowest BCUT2D eigenvalue weighted by Gasteiger charge is -2.37. The molecule has 0 aliphatic carbocycles. The van der Waals surface area contributed by atoms with Gasteiger partial charge in [-0.2, -0.15) is 0 Å². The van der Waals surface area contributed by atoms with Crippen molar-refractivity contribution in [1.29, 1.82) is 0 Å². The van der Waals surface area contributed by atoms with Gasteiger partial charge in [0.2, 0.25) is 5.91 Å². The predicted octanol–water partition coefficient (Wildman–Crippen LogP) is 1.52. The van der Waals surface area contributed by atoms with Crippen LogP contribution in [-0.2, 0) is 11.2 Å². The molecule has 3 heterocycles. The van der Waals surface area contributed by atoms with E-state index in [4.69, 9.17) is 17.3 Å². The fourth-order valence-electron chi connectivity index (χ4n) is 3.68. The molecule has 2 amide bonds. The van der Waals surface area contributed by atoms with Crippen LogP contribution in [0.2, 0.25) is 5.02 Å². The van der Waals surface area contributed by atoms with E-state index in [-0.39, 0.29) is 11.9 Å². The van der Waals surface area contributed by atoms with Gasteiger partial charge in [0.05, 0.1) is 5.56 Å². The molecular formula is C19H20ClN5O2. The zero-order chi connectivity index (χ0) is 19.0. The Labute approximate surface area is 162 Å². The minimum Gasteiger partial charge on any atom is -0.373 e. The fraction of sp³-hybridized carbons (Fsp3) is 0.316. The molecule has 3 N–H and O–H groups in total. The fourth-order valence-corrected chi connectivity index (χ4v) is 3.87. The number of aromatic nitrogens is 1.